The van der Waals surface area contributed by atoms with Gasteiger partial charge in [-0.2, -0.15) is 0 Å². The van der Waals surface area contributed by atoms with Gasteiger partial charge in [0, 0.05) is 6.61 Å². The van der Waals surface area contributed by atoms with Gasteiger partial charge in [-0.1, -0.05) is 56.2 Å². The molecular weight excluding hydrogens is 275 g/mol. The van der Waals surface area contributed by atoms with Gasteiger partial charge in [0.15, 0.2) is 0 Å². The zero-order chi connectivity index (χ0) is 16.3. The Kier molecular flexibility index (Phi) is 17.4. The number of unbranched alkanes of at least 4 members (excludes halogenated alkanes) is 6. The average molecular weight is 310 g/mol. The molecule has 0 rings (SSSR count). The van der Waals surface area contributed by atoms with Crippen LogP contribution in [0.25, 0.3) is 0 Å². The maximum Gasteiger partial charge on any atom is 0.118 e. The fourth-order valence-corrected chi connectivity index (χ4v) is 2.17. The number of aliphatic hydroxyl groups is 1. The summed E-state index contributed by atoms with van der Waals surface area (Å²) in [5.41, 5.74) is 0. The van der Waals surface area contributed by atoms with Gasteiger partial charge in [-0.3, -0.25) is 0 Å². The summed E-state index contributed by atoms with van der Waals surface area (Å²) >= 11 is 0. The third kappa shape index (κ3) is 17.2. The average Bonchev–Trinajstić information content (AvgIpc) is 2.52. The van der Waals surface area contributed by atoms with Gasteiger partial charge in [0.2, 0.25) is 0 Å². The number of hydrogen-bond acceptors (Lipinski definition) is 1. The van der Waals surface area contributed by atoms with Crippen molar-refractivity contribution in [2.45, 2.75) is 83.7 Å². The Balaban J connectivity index is 3.44. The Morgan fingerprint density at radius 3 is 2.14 bits per heavy atom. The van der Waals surface area contributed by atoms with Crippen molar-refractivity contribution in [3.05, 3.63) is 36.5 Å². The van der Waals surface area contributed by atoms with Crippen molar-refractivity contribution in [2.24, 2.45) is 0 Å². The zero-order valence-corrected chi connectivity index (χ0v) is 14.4. The lowest BCUT2D eigenvalue weighted by molar-refractivity contribution is 0.285. The molecule has 1 atom stereocenters. The Bertz CT molecular complexity index is 294. The number of hydrogen-bond donors (Lipinski definition) is 1. The smallest absolute Gasteiger partial charge is 0.118 e. The van der Waals surface area contributed by atoms with E-state index in [2.05, 4.69) is 31.2 Å². The summed E-state index contributed by atoms with van der Waals surface area (Å²) in [6.07, 6.45) is 22.6. The molecule has 0 aromatic carbocycles. The van der Waals surface area contributed by atoms with Gasteiger partial charge < -0.3 is 5.11 Å². The summed E-state index contributed by atoms with van der Waals surface area (Å²) in [4.78, 5) is 0. The SMILES string of the molecule is CCCCC/C=C/CCCC(F)/C=C/C/C=C/CCCCO. The summed E-state index contributed by atoms with van der Waals surface area (Å²) in [5, 5.41) is 8.64. The molecule has 128 valence electrons. The van der Waals surface area contributed by atoms with E-state index in [0.29, 0.717) is 6.42 Å². The van der Waals surface area contributed by atoms with Crippen molar-refractivity contribution in [3.63, 3.8) is 0 Å². The molecule has 0 aromatic rings. The molecule has 0 aliphatic rings. The van der Waals surface area contributed by atoms with E-state index >= 15 is 0 Å². The monoisotopic (exact) mass is 310 g/mol. The van der Waals surface area contributed by atoms with Crippen LogP contribution in [0.5, 0.6) is 0 Å². The Hall–Kier alpha value is -0.890. The molecule has 0 heterocycles. The first-order chi connectivity index (χ1) is 10.8. The lowest BCUT2D eigenvalue weighted by Crippen LogP contribution is -1.93. The lowest BCUT2D eigenvalue weighted by atomic mass is 10.1. The summed E-state index contributed by atoms with van der Waals surface area (Å²) < 4.78 is 13.6. The number of aliphatic hydroxyl groups excluding tert-OH is 1. The topological polar surface area (TPSA) is 20.2 Å². The molecule has 0 aliphatic carbocycles. The number of rotatable bonds is 15. The molecule has 0 aromatic heterocycles. The van der Waals surface area contributed by atoms with Gasteiger partial charge in [-0.25, -0.2) is 4.39 Å². The van der Waals surface area contributed by atoms with E-state index in [4.69, 9.17) is 5.11 Å². The van der Waals surface area contributed by atoms with Gasteiger partial charge in [0.05, 0.1) is 0 Å². The second-order valence-corrected chi connectivity index (χ2v) is 5.77. The van der Waals surface area contributed by atoms with Crippen molar-refractivity contribution >= 4 is 0 Å². The molecule has 0 radical (unpaired) electrons. The molecule has 2 heteroatoms. The third-order valence-corrected chi connectivity index (χ3v) is 3.55. The van der Waals surface area contributed by atoms with Crippen LogP contribution in [-0.2, 0) is 0 Å². The highest BCUT2D eigenvalue weighted by Gasteiger charge is 1.99. The maximum atomic E-state index is 13.6. The largest absolute Gasteiger partial charge is 0.396 e. The van der Waals surface area contributed by atoms with E-state index in [9.17, 15) is 4.39 Å². The predicted octanol–water partition coefficient (Wildman–Crippen LogP) is 6.30. The molecule has 1 nitrogen and oxygen atoms in total. The van der Waals surface area contributed by atoms with Crippen LogP contribution in [-0.4, -0.2) is 17.9 Å². The standard InChI is InChI=1S/C20H35FO/c1-2-3-4-5-6-8-11-14-17-20(21)18-15-12-9-7-10-13-16-19-22/h6-9,15,18,20,22H,2-5,10-14,16-17,19H2,1H3/b8-6+,9-7+,18-15+. The molecule has 0 amide bonds. The van der Waals surface area contributed by atoms with Crippen LogP contribution in [0.4, 0.5) is 4.39 Å². The van der Waals surface area contributed by atoms with Crippen LogP contribution in [0.1, 0.15) is 77.6 Å². The highest BCUT2D eigenvalue weighted by molar-refractivity contribution is 4.96. The Labute approximate surface area is 137 Å². The second-order valence-electron chi connectivity index (χ2n) is 5.77. The van der Waals surface area contributed by atoms with Crippen LogP contribution in [0, 0.1) is 0 Å². The fraction of sp³-hybridized carbons (Fsp3) is 0.700. The number of allylic oxidation sites excluding steroid dienone is 6. The molecule has 0 aliphatic heterocycles. The van der Waals surface area contributed by atoms with Crippen molar-refractivity contribution in [3.8, 4) is 0 Å². The van der Waals surface area contributed by atoms with Crippen molar-refractivity contribution in [2.75, 3.05) is 6.61 Å². The first kappa shape index (κ1) is 21.1. The lowest BCUT2D eigenvalue weighted by Gasteiger charge is -2.00. The van der Waals surface area contributed by atoms with Gasteiger partial charge in [0.1, 0.15) is 6.17 Å². The third-order valence-electron chi connectivity index (χ3n) is 3.55. The van der Waals surface area contributed by atoms with Crippen molar-refractivity contribution in [1.82, 2.24) is 0 Å². The molecule has 0 saturated carbocycles. The predicted molar refractivity (Wildman–Crippen MR) is 95.9 cm³/mol. The number of alkyl halides is 1. The Morgan fingerprint density at radius 2 is 1.45 bits per heavy atom. The highest BCUT2D eigenvalue weighted by Crippen LogP contribution is 2.08. The minimum Gasteiger partial charge on any atom is -0.396 e. The quantitative estimate of drug-likeness (QED) is 0.278. The maximum absolute atomic E-state index is 13.6. The molecule has 1 N–H and O–H groups in total. The van der Waals surface area contributed by atoms with Crippen LogP contribution in [0.15, 0.2) is 36.5 Å². The summed E-state index contributed by atoms with van der Waals surface area (Å²) in [7, 11) is 0. The molecule has 0 spiro atoms. The number of halogens is 1. The van der Waals surface area contributed by atoms with E-state index in [0.717, 1.165) is 44.9 Å². The van der Waals surface area contributed by atoms with E-state index in [-0.39, 0.29) is 6.61 Å². The van der Waals surface area contributed by atoms with E-state index < -0.39 is 6.17 Å². The van der Waals surface area contributed by atoms with Crippen molar-refractivity contribution in [1.29, 1.82) is 0 Å². The van der Waals surface area contributed by atoms with Gasteiger partial charge in [-0.15, -0.1) is 0 Å². The van der Waals surface area contributed by atoms with Crippen LogP contribution in [0.3, 0.4) is 0 Å². The summed E-state index contributed by atoms with van der Waals surface area (Å²) in [6.45, 7) is 2.48. The highest BCUT2D eigenvalue weighted by atomic mass is 19.1. The fourth-order valence-electron chi connectivity index (χ4n) is 2.17. The second kappa shape index (κ2) is 18.2. The zero-order valence-electron chi connectivity index (χ0n) is 14.4. The molecular formula is C20H35FO. The molecule has 0 fully saturated rings. The molecule has 0 bridgehead atoms. The van der Waals surface area contributed by atoms with Crippen LogP contribution < -0.4 is 0 Å². The van der Waals surface area contributed by atoms with Crippen LogP contribution in [0.2, 0.25) is 0 Å². The molecule has 1 unspecified atom stereocenters. The minimum atomic E-state index is -0.809. The van der Waals surface area contributed by atoms with E-state index in [1.165, 1.54) is 19.3 Å². The summed E-state index contributed by atoms with van der Waals surface area (Å²) in [6, 6.07) is 0. The minimum absolute atomic E-state index is 0.269. The molecule has 0 saturated heterocycles. The van der Waals surface area contributed by atoms with E-state index in [1.807, 2.05) is 6.08 Å². The molecule has 22 heavy (non-hydrogen) atoms. The van der Waals surface area contributed by atoms with Gasteiger partial charge in [0.25, 0.3) is 0 Å². The van der Waals surface area contributed by atoms with Crippen LogP contribution >= 0.6 is 0 Å². The van der Waals surface area contributed by atoms with Gasteiger partial charge in [-0.05, 0) is 57.8 Å². The van der Waals surface area contributed by atoms with E-state index in [1.54, 1.807) is 6.08 Å². The summed E-state index contributed by atoms with van der Waals surface area (Å²) in [5.74, 6) is 0. The normalized spacial score (nSPS) is 13.8. The Morgan fingerprint density at radius 1 is 0.818 bits per heavy atom. The first-order valence-electron chi connectivity index (χ1n) is 9.02. The van der Waals surface area contributed by atoms with Crippen molar-refractivity contribution < 1.29 is 9.50 Å². The van der Waals surface area contributed by atoms with Gasteiger partial charge >= 0.3 is 0 Å². The first-order valence-corrected chi connectivity index (χ1v) is 9.02.